The number of benzene rings is 2. The Morgan fingerprint density at radius 2 is 2.00 bits per heavy atom. The molecule has 2 aromatic rings. The molecule has 0 unspecified atom stereocenters. The molecular weight excluding hydrogens is 377 g/mol. The van der Waals surface area contributed by atoms with E-state index in [4.69, 9.17) is 16.3 Å². The molecule has 3 rings (SSSR count). The van der Waals surface area contributed by atoms with Gasteiger partial charge >= 0.3 is 0 Å². The predicted molar refractivity (Wildman–Crippen MR) is 101 cm³/mol. The summed E-state index contributed by atoms with van der Waals surface area (Å²) >= 11 is 6.90. The number of thioether (sulfide) groups is 1. The lowest BCUT2D eigenvalue weighted by Gasteiger charge is -2.09. The smallest absolute Gasteiger partial charge is 0.293 e. The van der Waals surface area contributed by atoms with Crippen LogP contribution in [0.25, 0.3) is 6.08 Å². The van der Waals surface area contributed by atoms with Gasteiger partial charge in [-0.2, -0.15) is 0 Å². The minimum atomic E-state index is -0.429. The maximum absolute atomic E-state index is 13.8. The summed E-state index contributed by atoms with van der Waals surface area (Å²) in [4.78, 5) is 25.5. The highest BCUT2D eigenvalue weighted by Crippen LogP contribution is 2.32. The number of ether oxygens (including phenoxy) is 1. The third kappa shape index (κ3) is 3.92. The van der Waals surface area contributed by atoms with Crippen LogP contribution in [-0.4, -0.2) is 22.6 Å². The lowest BCUT2D eigenvalue weighted by Crippen LogP contribution is -2.27. The van der Waals surface area contributed by atoms with Crippen molar-refractivity contribution in [3.05, 3.63) is 69.3 Å². The summed E-state index contributed by atoms with van der Waals surface area (Å²) in [5.74, 6) is -0.221. The first-order valence-electron chi connectivity index (χ1n) is 7.90. The first kappa shape index (κ1) is 18.5. The summed E-state index contributed by atoms with van der Waals surface area (Å²) in [6.45, 7) is 2.08. The summed E-state index contributed by atoms with van der Waals surface area (Å²) < 4.78 is 19.4. The topological polar surface area (TPSA) is 46.6 Å². The van der Waals surface area contributed by atoms with Crippen molar-refractivity contribution < 1.29 is 18.7 Å². The number of carbonyl (C=O) groups excluding carboxylic acids is 2. The van der Waals surface area contributed by atoms with E-state index < -0.39 is 5.82 Å². The average Bonchev–Trinajstić information content (AvgIpc) is 2.88. The van der Waals surface area contributed by atoms with Gasteiger partial charge in [-0.3, -0.25) is 14.5 Å². The fraction of sp³-hybridized carbons (Fsp3) is 0.158. The molecule has 0 N–H and O–H groups in total. The molecule has 0 saturated carbocycles. The van der Waals surface area contributed by atoms with Crippen molar-refractivity contribution in [1.82, 2.24) is 4.90 Å². The van der Waals surface area contributed by atoms with Crippen molar-refractivity contribution in [1.29, 1.82) is 0 Å². The van der Waals surface area contributed by atoms with Gasteiger partial charge < -0.3 is 4.74 Å². The molecule has 0 bridgehead atoms. The second kappa shape index (κ2) is 7.93. The number of imide groups is 1. The molecule has 26 heavy (non-hydrogen) atoms. The monoisotopic (exact) mass is 391 g/mol. The molecule has 0 spiro atoms. The van der Waals surface area contributed by atoms with E-state index in [0.717, 1.165) is 11.8 Å². The van der Waals surface area contributed by atoms with Crippen LogP contribution < -0.4 is 4.74 Å². The second-order valence-electron chi connectivity index (χ2n) is 5.49. The van der Waals surface area contributed by atoms with Crippen molar-refractivity contribution in [2.75, 3.05) is 6.54 Å². The largest absolute Gasteiger partial charge is 0.489 e. The van der Waals surface area contributed by atoms with Crippen molar-refractivity contribution in [2.45, 2.75) is 13.5 Å². The molecule has 1 fully saturated rings. The normalized spacial score (nSPS) is 15.8. The summed E-state index contributed by atoms with van der Waals surface area (Å²) in [5, 5.41) is 0.0275. The Kier molecular flexibility index (Phi) is 5.64. The van der Waals surface area contributed by atoms with Crippen molar-refractivity contribution in [3.63, 3.8) is 0 Å². The van der Waals surface area contributed by atoms with E-state index in [1.54, 1.807) is 43.3 Å². The van der Waals surface area contributed by atoms with E-state index in [9.17, 15) is 14.0 Å². The van der Waals surface area contributed by atoms with Gasteiger partial charge in [0.05, 0.1) is 9.93 Å². The molecule has 1 aliphatic heterocycles. The molecule has 0 radical (unpaired) electrons. The van der Waals surface area contributed by atoms with E-state index in [2.05, 4.69) is 0 Å². The summed E-state index contributed by atoms with van der Waals surface area (Å²) in [5.41, 5.74) is 0.993. The molecule has 7 heteroatoms. The maximum atomic E-state index is 13.8. The molecule has 0 aromatic heterocycles. The Morgan fingerprint density at radius 1 is 1.23 bits per heavy atom. The van der Waals surface area contributed by atoms with Crippen molar-refractivity contribution in [3.8, 4) is 5.75 Å². The fourth-order valence-electron chi connectivity index (χ4n) is 2.44. The van der Waals surface area contributed by atoms with E-state index in [0.29, 0.717) is 27.8 Å². The third-order valence-electron chi connectivity index (χ3n) is 3.79. The molecule has 1 heterocycles. The Morgan fingerprint density at radius 3 is 2.69 bits per heavy atom. The van der Waals surface area contributed by atoms with Gasteiger partial charge in [0, 0.05) is 12.1 Å². The molecule has 2 aromatic carbocycles. The quantitative estimate of drug-likeness (QED) is 0.664. The lowest BCUT2D eigenvalue weighted by atomic mass is 10.2. The number of hydrogen-bond donors (Lipinski definition) is 0. The Bertz CT molecular complexity index is 880. The zero-order valence-electron chi connectivity index (χ0n) is 13.9. The van der Waals surface area contributed by atoms with E-state index >= 15 is 0 Å². The number of nitrogens with zero attached hydrogens (tertiary/aromatic N) is 1. The van der Waals surface area contributed by atoms with Gasteiger partial charge in [0.1, 0.15) is 18.2 Å². The Balaban J connectivity index is 1.76. The summed E-state index contributed by atoms with van der Waals surface area (Å²) in [6.07, 6.45) is 1.64. The van der Waals surface area contributed by atoms with Gasteiger partial charge in [-0.25, -0.2) is 4.39 Å². The van der Waals surface area contributed by atoms with E-state index in [1.165, 1.54) is 17.0 Å². The van der Waals surface area contributed by atoms with Gasteiger partial charge in [-0.05, 0) is 54.6 Å². The minimum Gasteiger partial charge on any atom is -0.489 e. The van der Waals surface area contributed by atoms with Gasteiger partial charge in [-0.15, -0.1) is 0 Å². The number of rotatable bonds is 5. The van der Waals surface area contributed by atoms with Crippen LogP contribution in [-0.2, 0) is 11.4 Å². The zero-order valence-corrected chi connectivity index (χ0v) is 15.4. The van der Waals surface area contributed by atoms with Crippen LogP contribution in [0.5, 0.6) is 5.75 Å². The molecule has 134 valence electrons. The number of amides is 2. The first-order chi connectivity index (χ1) is 12.5. The van der Waals surface area contributed by atoms with Crippen LogP contribution >= 0.6 is 23.4 Å². The molecule has 1 saturated heterocycles. The highest BCUT2D eigenvalue weighted by Gasteiger charge is 2.33. The summed E-state index contributed by atoms with van der Waals surface area (Å²) in [7, 11) is 0. The van der Waals surface area contributed by atoms with Crippen molar-refractivity contribution in [2.24, 2.45) is 0 Å². The highest BCUT2D eigenvalue weighted by atomic mass is 35.5. The van der Waals surface area contributed by atoms with E-state index in [-0.39, 0.29) is 23.3 Å². The van der Waals surface area contributed by atoms with E-state index in [1.807, 2.05) is 0 Å². The molecule has 1 aliphatic rings. The average molecular weight is 392 g/mol. The molecular formula is C19H15ClFNO3S. The van der Waals surface area contributed by atoms with Gasteiger partial charge in [0.2, 0.25) is 0 Å². The van der Waals surface area contributed by atoms with Crippen LogP contribution in [0.3, 0.4) is 0 Å². The van der Waals surface area contributed by atoms with Crippen molar-refractivity contribution >= 4 is 40.6 Å². The van der Waals surface area contributed by atoms with Gasteiger partial charge in [-0.1, -0.05) is 29.8 Å². The SMILES string of the molecule is CCN1C(=O)S/C(=C/c2cccc(OCc3c(F)cccc3Cl)c2)C1=O. The Hall–Kier alpha value is -2.31. The summed E-state index contributed by atoms with van der Waals surface area (Å²) in [6, 6.07) is 11.5. The maximum Gasteiger partial charge on any atom is 0.293 e. The molecule has 0 atom stereocenters. The minimum absolute atomic E-state index is 0.0126. The third-order valence-corrected chi connectivity index (χ3v) is 5.05. The second-order valence-corrected chi connectivity index (χ2v) is 6.89. The Labute approximate surface area is 159 Å². The van der Waals surface area contributed by atoms with Crippen LogP contribution in [0.15, 0.2) is 47.4 Å². The number of halogens is 2. The number of likely N-dealkylation sites (N-methyl/N-ethyl adjacent to an activating group) is 1. The first-order valence-corrected chi connectivity index (χ1v) is 9.10. The molecule has 4 nitrogen and oxygen atoms in total. The van der Waals surface area contributed by atoms with Gasteiger partial charge in [0.25, 0.3) is 11.1 Å². The van der Waals surface area contributed by atoms with Crippen LogP contribution in [0.1, 0.15) is 18.1 Å². The van der Waals surface area contributed by atoms with Crippen LogP contribution in [0, 0.1) is 5.82 Å². The fourth-order valence-corrected chi connectivity index (χ4v) is 3.56. The predicted octanol–water partition coefficient (Wildman–Crippen LogP) is 5.11. The standard InChI is InChI=1S/C19H15ClFNO3S/c1-2-22-18(23)17(26-19(22)24)10-12-5-3-6-13(9-12)25-11-14-15(20)7-4-8-16(14)21/h3-10H,2,11H2,1H3/b17-10+. The highest BCUT2D eigenvalue weighted by molar-refractivity contribution is 8.18. The zero-order chi connectivity index (χ0) is 18.7. The number of carbonyl (C=O) groups is 2. The number of hydrogen-bond acceptors (Lipinski definition) is 4. The lowest BCUT2D eigenvalue weighted by molar-refractivity contribution is -0.122. The molecule has 0 aliphatic carbocycles. The molecule has 2 amide bonds. The van der Waals surface area contributed by atoms with Crippen LogP contribution in [0.4, 0.5) is 9.18 Å². The van der Waals surface area contributed by atoms with Crippen LogP contribution in [0.2, 0.25) is 5.02 Å². The van der Waals surface area contributed by atoms with Gasteiger partial charge in [0.15, 0.2) is 0 Å².